The second kappa shape index (κ2) is 5.28. The molecule has 2 aromatic heterocycles. The maximum absolute atomic E-state index is 6.51. The number of benzene rings is 2. The first kappa shape index (κ1) is 13.0. The Labute approximate surface area is 132 Å². The molecule has 0 saturated carbocycles. The van der Waals surface area contributed by atoms with Gasteiger partial charge in [0.1, 0.15) is 17.3 Å². The van der Waals surface area contributed by atoms with Gasteiger partial charge in [-0.3, -0.25) is 4.57 Å². The van der Waals surface area contributed by atoms with Crippen LogP contribution < -0.4 is 0 Å². The average molecular weight is 306 g/mol. The van der Waals surface area contributed by atoms with Crippen molar-refractivity contribution in [2.45, 2.75) is 0 Å². The van der Waals surface area contributed by atoms with E-state index in [1.807, 2.05) is 53.2 Å². The molecule has 0 aliphatic carbocycles. The van der Waals surface area contributed by atoms with Crippen molar-refractivity contribution in [1.82, 2.24) is 14.5 Å². The monoisotopic (exact) mass is 305 g/mol. The number of pyridine rings is 1. The van der Waals surface area contributed by atoms with Crippen LogP contribution in [0.1, 0.15) is 0 Å². The Morgan fingerprint density at radius 1 is 0.864 bits per heavy atom. The van der Waals surface area contributed by atoms with E-state index in [1.165, 1.54) is 0 Å². The normalized spacial score (nSPS) is 11.0. The number of imidazole rings is 1. The van der Waals surface area contributed by atoms with E-state index >= 15 is 0 Å². The van der Waals surface area contributed by atoms with Crippen LogP contribution in [0.2, 0.25) is 5.15 Å². The number of halogens is 1. The Hall–Kier alpha value is -2.65. The lowest BCUT2D eigenvalue weighted by Crippen LogP contribution is -1.98. The molecule has 0 unspecified atom stereocenters. The van der Waals surface area contributed by atoms with Gasteiger partial charge in [-0.05, 0) is 10.9 Å². The van der Waals surface area contributed by atoms with Gasteiger partial charge in [-0.25, -0.2) is 9.97 Å². The van der Waals surface area contributed by atoms with Crippen molar-refractivity contribution in [2.24, 2.45) is 0 Å². The van der Waals surface area contributed by atoms with Gasteiger partial charge in [-0.15, -0.1) is 0 Å². The van der Waals surface area contributed by atoms with E-state index in [9.17, 15) is 0 Å². The summed E-state index contributed by atoms with van der Waals surface area (Å²) in [5.74, 6) is 0.790. The van der Waals surface area contributed by atoms with Crippen LogP contribution in [0.5, 0.6) is 0 Å². The van der Waals surface area contributed by atoms with Crippen molar-refractivity contribution < 1.29 is 0 Å². The molecule has 0 saturated heterocycles. The molecule has 0 aliphatic heterocycles. The van der Waals surface area contributed by atoms with Gasteiger partial charge in [0.05, 0.1) is 0 Å². The minimum Gasteiger partial charge on any atom is -0.290 e. The highest BCUT2D eigenvalue weighted by atomic mass is 35.5. The molecule has 0 amide bonds. The van der Waals surface area contributed by atoms with Gasteiger partial charge in [-0.2, -0.15) is 0 Å². The van der Waals surface area contributed by atoms with E-state index < -0.39 is 0 Å². The molecule has 0 fully saturated rings. The highest BCUT2D eigenvalue weighted by Gasteiger charge is 2.14. The smallest absolute Gasteiger partial charge is 0.147 e. The quantitative estimate of drug-likeness (QED) is 0.501. The summed E-state index contributed by atoms with van der Waals surface area (Å²) < 4.78 is 1.88. The average Bonchev–Trinajstić information content (AvgIpc) is 3.09. The Kier molecular flexibility index (Phi) is 3.13. The van der Waals surface area contributed by atoms with Crippen LogP contribution in [0.3, 0.4) is 0 Å². The number of hydrogen-bond acceptors (Lipinski definition) is 2. The molecule has 2 aromatic carbocycles. The summed E-state index contributed by atoms with van der Waals surface area (Å²) in [6.45, 7) is 0. The lowest BCUT2D eigenvalue weighted by molar-refractivity contribution is 1.01. The third-order valence-electron chi connectivity index (χ3n) is 3.66. The summed E-state index contributed by atoms with van der Waals surface area (Å²) >= 11 is 6.51. The standard InChI is InChI=1S/C18H12ClN3/c19-17-16(13-6-2-1-3-7-13)14-8-4-5-9-15(14)18(21-17)22-11-10-20-12-22/h1-12H. The molecule has 0 N–H and O–H groups in total. The molecule has 0 atom stereocenters. The van der Waals surface area contributed by atoms with E-state index in [0.29, 0.717) is 5.15 Å². The van der Waals surface area contributed by atoms with Gasteiger partial charge in [-0.1, -0.05) is 66.2 Å². The van der Waals surface area contributed by atoms with Crippen molar-refractivity contribution >= 4 is 22.4 Å². The number of aromatic nitrogens is 3. The van der Waals surface area contributed by atoms with Crippen LogP contribution in [0.15, 0.2) is 73.3 Å². The second-order valence-electron chi connectivity index (χ2n) is 4.98. The molecule has 106 valence electrons. The molecule has 4 rings (SSSR count). The van der Waals surface area contributed by atoms with E-state index in [0.717, 1.165) is 27.7 Å². The fourth-order valence-electron chi connectivity index (χ4n) is 2.68. The maximum Gasteiger partial charge on any atom is 0.147 e. The number of rotatable bonds is 2. The number of fused-ring (bicyclic) bond motifs is 1. The predicted octanol–water partition coefficient (Wildman–Crippen LogP) is 4.74. The molecule has 0 aliphatic rings. The number of nitrogens with zero attached hydrogens (tertiary/aromatic N) is 3. The fraction of sp³-hybridized carbons (Fsp3) is 0. The lowest BCUT2D eigenvalue weighted by atomic mass is 10.0. The topological polar surface area (TPSA) is 30.7 Å². The van der Waals surface area contributed by atoms with Crippen molar-refractivity contribution in [2.75, 3.05) is 0 Å². The highest BCUT2D eigenvalue weighted by Crippen LogP contribution is 2.36. The fourth-order valence-corrected chi connectivity index (χ4v) is 2.97. The molecule has 0 bridgehead atoms. The van der Waals surface area contributed by atoms with Gasteiger partial charge in [0.25, 0.3) is 0 Å². The first-order valence-corrected chi connectivity index (χ1v) is 7.34. The van der Waals surface area contributed by atoms with E-state index in [2.05, 4.69) is 22.1 Å². The number of hydrogen-bond donors (Lipinski definition) is 0. The van der Waals surface area contributed by atoms with Crippen LogP contribution in [-0.4, -0.2) is 14.5 Å². The molecule has 0 radical (unpaired) electrons. The molecular formula is C18H12ClN3. The van der Waals surface area contributed by atoms with E-state index in [-0.39, 0.29) is 0 Å². The van der Waals surface area contributed by atoms with Crippen LogP contribution in [0, 0.1) is 0 Å². The highest BCUT2D eigenvalue weighted by molar-refractivity contribution is 6.34. The van der Waals surface area contributed by atoms with Gasteiger partial charge < -0.3 is 0 Å². The SMILES string of the molecule is Clc1nc(-n2ccnc2)c2ccccc2c1-c1ccccc1. The van der Waals surface area contributed by atoms with Crippen LogP contribution in [0.4, 0.5) is 0 Å². The third-order valence-corrected chi connectivity index (χ3v) is 3.93. The summed E-state index contributed by atoms with van der Waals surface area (Å²) in [5, 5.41) is 2.62. The van der Waals surface area contributed by atoms with Gasteiger partial charge in [0, 0.05) is 23.3 Å². The zero-order valence-electron chi connectivity index (χ0n) is 11.6. The summed E-state index contributed by atoms with van der Waals surface area (Å²) in [5.41, 5.74) is 2.02. The first-order chi connectivity index (χ1) is 10.8. The molecule has 3 nitrogen and oxygen atoms in total. The molecule has 0 spiro atoms. The Bertz CT molecular complexity index is 931. The maximum atomic E-state index is 6.51. The largest absolute Gasteiger partial charge is 0.290 e. The molecular weight excluding hydrogens is 294 g/mol. The summed E-state index contributed by atoms with van der Waals surface area (Å²) in [6, 6.07) is 18.3. The molecule has 4 heteroatoms. The summed E-state index contributed by atoms with van der Waals surface area (Å²) in [4.78, 5) is 8.70. The predicted molar refractivity (Wildman–Crippen MR) is 89.3 cm³/mol. The third kappa shape index (κ3) is 2.07. The van der Waals surface area contributed by atoms with Crippen LogP contribution >= 0.6 is 11.6 Å². The van der Waals surface area contributed by atoms with Crippen molar-refractivity contribution in [3.63, 3.8) is 0 Å². The molecule has 4 aromatic rings. The lowest BCUT2D eigenvalue weighted by Gasteiger charge is -2.13. The van der Waals surface area contributed by atoms with Crippen LogP contribution in [-0.2, 0) is 0 Å². The Morgan fingerprint density at radius 3 is 2.32 bits per heavy atom. The Morgan fingerprint density at radius 2 is 1.59 bits per heavy atom. The van der Waals surface area contributed by atoms with E-state index in [1.54, 1.807) is 12.5 Å². The van der Waals surface area contributed by atoms with Gasteiger partial charge >= 0.3 is 0 Å². The van der Waals surface area contributed by atoms with Crippen molar-refractivity contribution in [1.29, 1.82) is 0 Å². The molecule has 22 heavy (non-hydrogen) atoms. The zero-order chi connectivity index (χ0) is 14.9. The zero-order valence-corrected chi connectivity index (χ0v) is 12.4. The minimum absolute atomic E-state index is 0.494. The van der Waals surface area contributed by atoms with E-state index in [4.69, 9.17) is 11.6 Å². The minimum atomic E-state index is 0.494. The summed E-state index contributed by atoms with van der Waals surface area (Å²) in [7, 11) is 0. The second-order valence-corrected chi connectivity index (χ2v) is 5.34. The van der Waals surface area contributed by atoms with Crippen LogP contribution in [0.25, 0.3) is 27.7 Å². The van der Waals surface area contributed by atoms with Gasteiger partial charge in [0.2, 0.25) is 0 Å². The Balaban J connectivity index is 2.09. The van der Waals surface area contributed by atoms with Crippen molar-refractivity contribution in [3.8, 4) is 16.9 Å². The first-order valence-electron chi connectivity index (χ1n) is 6.96. The summed E-state index contributed by atoms with van der Waals surface area (Å²) in [6.07, 6.45) is 5.33. The van der Waals surface area contributed by atoms with Gasteiger partial charge in [0.15, 0.2) is 0 Å². The molecule has 2 heterocycles. The van der Waals surface area contributed by atoms with Crippen molar-refractivity contribution in [3.05, 3.63) is 78.5 Å².